The Morgan fingerprint density at radius 2 is 1.66 bits per heavy atom. The number of aryl methyl sites for hydroxylation is 1. The van der Waals surface area contributed by atoms with Crippen molar-refractivity contribution in [2.24, 2.45) is 0 Å². The lowest BCUT2D eigenvalue weighted by molar-refractivity contribution is -0.154. The van der Waals surface area contributed by atoms with Crippen LogP contribution in [0, 0.1) is 0 Å². The molecule has 2 rings (SSSR count). The van der Waals surface area contributed by atoms with Crippen molar-refractivity contribution in [2.45, 2.75) is 45.4 Å². The number of esters is 1. The number of ether oxygens (including phenoxy) is 1. The Balaban J connectivity index is 2.00. The highest BCUT2D eigenvalue weighted by Gasteiger charge is 2.33. The van der Waals surface area contributed by atoms with Crippen molar-refractivity contribution >= 4 is 29.2 Å². The third-order valence-electron chi connectivity index (χ3n) is 3.78. The third-order valence-corrected chi connectivity index (χ3v) is 4.11. The van der Waals surface area contributed by atoms with Crippen LogP contribution in [0.25, 0.3) is 0 Å². The molecule has 0 fully saturated rings. The second-order valence-electron chi connectivity index (χ2n) is 7.43. The van der Waals surface area contributed by atoms with E-state index in [-0.39, 0.29) is 23.6 Å². The van der Waals surface area contributed by atoms with Crippen LogP contribution in [0.3, 0.4) is 0 Å². The molecule has 2 aromatic rings. The van der Waals surface area contributed by atoms with Crippen molar-refractivity contribution in [3.05, 3.63) is 64.2 Å². The summed E-state index contributed by atoms with van der Waals surface area (Å²) < 4.78 is 44.0. The Morgan fingerprint density at radius 1 is 1.03 bits per heavy atom. The van der Waals surface area contributed by atoms with E-state index in [0.717, 1.165) is 17.7 Å². The Kier molecular flexibility index (Phi) is 6.95. The maximum absolute atomic E-state index is 12.9. The van der Waals surface area contributed by atoms with E-state index in [2.05, 4.69) is 5.32 Å². The number of rotatable bonds is 5. The monoisotopic (exact) mass is 427 g/mol. The van der Waals surface area contributed by atoms with Crippen LogP contribution in [0.4, 0.5) is 18.9 Å². The Labute approximate surface area is 172 Å². The molecule has 156 valence electrons. The van der Waals surface area contributed by atoms with Crippen LogP contribution in [-0.4, -0.2) is 17.5 Å². The zero-order chi connectivity index (χ0) is 21.8. The van der Waals surface area contributed by atoms with Crippen molar-refractivity contribution in [2.75, 3.05) is 5.32 Å². The van der Waals surface area contributed by atoms with Crippen molar-refractivity contribution < 1.29 is 27.5 Å². The summed E-state index contributed by atoms with van der Waals surface area (Å²) in [6, 6.07) is 9.62. The lowest BCUT2D eigenvalue weighted by Gasteiger charge is -2.19. The number of anilines is 1. The number of halogens is 4. The normalized spacial score (nSPS) is 11.8. The van der Waals surface area contributed by atoms with Gasteiger partial charge in [0.2, 0.25) is 0 Å². The Morgan fingerprint density at radius 3 is 2.21 bits per heavy atom. The molecule has 4 nitrogen and oxygen atoms in total. The highest BCUT2D eigenvalue weighted by atomic mass is 35.5. The summed E-state index contributed by atoms with van der Waals surface area (Å²) in [4.78, 5) is 24.1. The van der Waals surface area contributed by atoms with E-state index >= 15 is 0 Å². The first-order valence-corrected chi connectivity index (χ1v) is 9.22. The van der Waals surface area contributed by atoms with Gasteiger partial charge in [-0.05, 0) is 63.1 Å². The first-order chi connectivity index (χ1) is 13.3. The lowest BCUT2D eigenvalue weighted by Crippen LogP contribution is -2.24. The maximum atomic E-state index is 12.9. The molecule has 0 unspecified atom stereocenters. The van der Waals surface area contributed by atoms with Gasteiger partial charge in [0, 0.05) is 17.7 Å². The van der Waals surface area contributed by atoms with Gasteiger partial charge in [-0.2, -0.15) is 13.2 Å². The fraction of sp³-hybridized carbons (Fsp3) is 0.333. The third kappa shape index (κ3) is 7.09. The molecule has 1 amide bonds. The first-order valence-electron chi connectivity index (χ1n) is 8.84. The van der Waals surface area contributed by atoms with Crippen LogP contribution in [0.2, 0.25) is 5.02 Å². The van der Waals surface area contributed by atoms with Gasteiger partial charge in [-0.3, -0.25) is 9.59 Å². The second kappa shape index (κ2) is 8.86. The molecule has 0 aliphatic rings. The average Bonchev–Trinajstić information content (AvgIpc) is 2.59. The van der Waals surface area contributed by atoms with Crippen molar-refractivity contribution in [1.82, 2.24) is 0 Å². The maximum Gasteiger partial charge on any atom is 0.417 e. The number of hydrogen-bond donors (Lipinski definition) is 1. The molecular weight excluding hydrogens is 407 g/mol. The molecule has 0 saturated carbocycles. The Bertz CT molecular complexity index is 888. The summed E-state index contributed by atoms with van der Waals surface area (Å²) in [6.45, 7) is 5.37. The van der Waals surface area contributed by atoms with Gasteiger partial charge >= 0.3 is 12.1 Å². The minimum Gasteiger partial charge on any atom is -0.460 e. The predicted molar refractivity (Wildman–Crippen MR) is 105 cm³/mol. The number of carbonyl (C=O) groups is 2. The molecule has 1 N–H and O–H groups in total. The van der Waals surface area contributed by atoms with Gasteiger partial charge in [0.15, 0.2) is 0 Å². The number of hydrogen-bond acceptors (Lipinski definition) is 3. The van der Waals surface area contributed by atoms with E-state index in [1.807, 2.05) is 0 Å². The van der Waals surface area contributed by atoms with E-state index in [4.69, 9.17) is 16.3 Å². The van der Waals surface area contributed by atoms with Crippen molar-refractivity contribution in [3.63, 3.8) is 0 Å². The smallest absolute Gasteiger partial charge is 0.417 e. The van der Waals surface area contributed by atoms with Crippen molar-refractivity contribution in [1.29, 1.82) is 0 Å². The lowest BCUT2D eigenvalue weighted by atomic mass is 10.1. The number of carbonyl (C=O) groups excluding carboxylic acids is 2. The number of nitrogens with one attached hydrogen (secondary N) is 1. The van der Waals surface area contributed by atoms with E-state index in [0.29, 0.717) is 6.42 Å². The number of amides is 1. The van der Waals surface area contributed by atoms with E-state index in [9.17, 15) is 22.8 Å². The summed E-state index contributed by atoms with van der Waals surface area (Å²) >= 11 is 5.57. The molecule has 0 saturated heterocycles. The fourth-order valence-electron chi connectivity index (χ4n) is 2.49. The van der Waals surface area contributed by atoms with E-state index in [1.54, 1.807) is 45.0 Å². The molecular formula is C21H21ClF3NO3. The standard InChI is InChI=1S/C21H21ClF3NO3/c1-20(2,3)29-18(27)11-6-13-4-7-14(8-5-13)19(28)26-15-9-10-17(22)16(12-15)21(23,24)25/h4-5,7-10,12H,6,11H2,1-3H3,(H,26,28). The van der Waals surface area contributed by atoms with Crippen LogP contribution in [0.1, 0.15) is 48.7 Å². The van der Waals surface area contributed by atoms with Crippen molar-refractivity contribution in [3.8, 4) is 0 Å². The van der Waals surface area contributed by atoms with E-state index in [1.165, 1.54) is 6.07 Å². The molecule has 0 aliphatic carbocycles. The summed E-state index contributed by atoms with van der Waals surface area (Å²) in [6.07, 6.45) is -3.97. The predicted octanol–water partition coefficient (Wildman–Crippen LogP) is 5.89. The second-order valence-corrected chi connectivity index (χ2v) is 7.84. The molecule has 0 heterocycles. The summed E-state index contributed by atoms with van der Waals surface area (Å²) in [7, 11) is 0. The van der Waals surface area contributed by atoms with E-state index < -0.39 is 28.3 Å². The number of benzene rings is 2. The fourth-order valence-corrected chi connectivity index (χ4v) is 2.71. The molecule has 0 aromatic heterocycles. The molecule has 0 aliphatic heterocycles. The molecule has 0 atom stereocenters. The van der Waals surface area contributed by atoms with Gasteiger partial charge in [-0.15, -0.1) is 0 Å². The zero-order valence-corrected chi connectivity index (χ0v) is 16.9. The highest BCUT2D eigenvalue weighted by Crippen LogP contribution is 2.36. The minimum absolute atomic E-state index is 0.0132. The summed E-state index contributed by atoms with van der Waals surface area (Å²) in [5.74, 6) is -0.873. The number of alkyl halides is 3. The highest BCUT2D eigenvalue weighted by molar-refractivity contribution is 6.31. The molecule has 0 bridgehead atoms. The molecule has 2 aromatic carbocycles. The average molecular weight is 428 g/mol. The first kappa shape index (κ1) is 22.7. The van der Waals surface area contributed by atoms with Crippen LogP contribution in [0.5, 0.6) is 0 Å². The molecule has 0 spiro atoms. The quantitative estimate of drug-likeness (QED) is 0.606. The minimum atomic E-state index is -4.62. The molecule has 0 radical (unpaired) electrons. The van der Waals surface area contributed by atoms with Crippen LogP contribution >= 0.6 is 11.6 Å². The summed E-state index contributed by atoms with van der Waals surface area (Å²) in [5.41, 5.74) is -0.477. The van der Waals surface area contributed by atoms with Crippen LogP contribution in [0.15, 0.2) is 42.5 Å². The van der Waals surface area contributed by atoms with Gasteiger partial charge in [0.1, 0.15) is 5.60 Å². The van der Waals surface area contributed by atoms with Gasteiger partial charge in [0.05, 0.1) is 10.6 Å². The molecule has 29 heavy (non-hydrogen) atoms. The largest absolute Gasteiger partial charge is 0.460 e. The van der Waals surface area contributed by atoms with Crippen LogP contribution < -0.4 is 5.32 Å². The SMILES string of the molecule is CC(C)(C)OC(=O)CCc1ccc(C(=O)Nc2ccc(Cl)c(C(F)(F)F)c2)cc1. The molecule has 8 heteroatoms. The summed E-state index contributed by atoms with van der Waals surface area (Å²) in [5, 5.41) is 1.98. The Hall–Kier alpha value is -2.54. The van der Waals surface area contributed by atoms with Gasteiger partial charge < -0.3 is 10.1 Å². The van der Waals surface area contributed by atoms with Crippen LogP contribution in [-0.2, 0) is 22.1 Å². The topological polar surface area (TPSA) is 55.4 Å². The van der Waals surface area contributed by atoms with Gasteiger partial charge in [-0.1, -0.05) is 23.7 Å². The van der Waals surface area contributed by atoms with Gasteiger partial charge in [0.25, 0.3) is 5.91 Å². The van der Waals surface area contributed by atoms with Gasteiger partial charge in [-0.25, -0.2) is 0 Å². The zero-order valence-electron chi connectivity index (χ0n) is 16.2.